The van der Waals surface area contributed by atoms with Gasteiger partial charge in [-0.3, -0.25) is 4.90 Å². The van der Waals surface area contributed by atoms with Crippen LogP contribution in [-0.2, 0) is 6.54 Å². The third-order valence-electron chi connectivity index (χ3n) is 5.37. The van der Waals surface area contributed by atoms with Crippen LogP contribution in [0.1, 0.15) is 26.3 Å². The second kappa shape index (κ2) is 7.11. The third kappa shape index (κ3) is 3.73. The van der Waals surface area contributed by atoms with E-state index in [1.165, 1.54) is 0 Å². The fourth-order valence-corrected chi connectivity index (χ4v) is 4.08. The Morgan fingerprint density at radius 1 is 1.21 bits per heavy atom. The first-order valence-corrected chi connectivity index (χ1v) is 9.05. The normalized spacial score (nSPS) is 24.5. The molecule has 3 rings (SSSR count). The van der Waals surface area contributed by atoms with Crippen molar-refractivity contribution in [3.63, 3.8) is 0 Å². The Balaban J connectivity index is 1.62. The number of carbonyl (C=O) groups excluding carboxylic acids is 1. The van der Waals surface area contributed by atoms with Crippen molar-refractivity contribution in [1.29, 1.82) is 0 Å². The molecule has 5 heteroatoms. The van der Waals surface area contributed by atoms with Crippen molar-refractivity contribution < 1.29 is 4.79 Å². The predicted molar refractivity (Wildman–Crippen MR) is 96.9 cm³/mol. The standard InChI is InChI=1S/C19H30N4O/c1-4-21-10-11-23-17(13-21)14-22(15-19(23,2)3)18(24)20-12-16-8-6-5-7-9-16/h5-9,17H,4,10-15H2,1-3H3,(H,20,24). The van der Waals surface area contributed by atoms with Crippen molar-refractivity contribution in [2.45, 2.75) is 38.9 Å². The molecule has 1 atom stereocenters. The number of piperazine rings is 2. The summed E-state index contributed by atoms with van der Waals surface area (Å²) in [5.41, 5.74) is 1.17. The van der Waals surface area contributed by atoms with Crippen molar-refractivity contribution in [2.75, 3.05) is 39.3 Å². The number of nitrogens with zero attached hydrogens (tertiary/aromatic N) is 3. The van der Waals surface area contributed by atoms with E-state index >= 15 is 0 Å². The summed E-state index contributed by atoms with van der Waals surface area (Å²) >= 11 is 0. The van der Waals surface area contributed by atoms with Crippen LogP contribution >= 0.6 is 0 Å². The molecule has 1 unspecified atom stereocenters. The van der Waals surface area contributed by atoms with Crippen molar-refractivity contribution in [3.05, 3.63) is 35.9 Å². The smallest absolute Gasteiger partial charge is 0.317 e. The molecule has 0 saturated carbocycles. The largest absolute Gasteiger partial charge is 0.334 e. The first-order valence-electron chi connectivity index (χ1n) is 9.05. The van der Waals surface area contributed by atoms with Gasteiger partial charge in [0.25, 0.3) is 0 Å². The van der Waals surface area contributed by atoms with Gasteiger partial charge in [-0.05, 0) is 26.0 Å². The highest BCUT2D eigenvalue weighted by Crippen LogP contribution is 2.28. The van der Waals surface area contributed by atoms with Crippen LogP contribution in [0.3, 0.4) is 0 Å². The van der Waals surface area contributed by atoms with Gasteiger partial charge in [0, 0.05) is 50.8 Å². The number of amides is 2. The minimum absolute atomic E-state index is 0.0346. The van der Waals surface area contributed by atoms with Gasteiger partial charge in [-0.25, -0.2) is 4.79 Å². The Morgan fingerprint density at radius 3 is 2.67 bits per heavy atom. The molecule has 5 nitrogen and oxygen atoms in total. The van der Waals surface area contributed by atoms with Crippen LogP contribution in [0.4, 0.5) is 4.79 Å². The fraction of sp³-hybridized carbons (Fsp3) is 0.632. The molecule has 132 valence electrons. The van der Waals surface area contributed by atoms with E-state index in [9.17, 15) is 4.79 Å². The van der Waals surface area contributed by atoms with Gasteiger partial charge in [0.1, 0.15) is 0 Å². The van der Waals surface area contributed by atoms with E-state index < -0.39 is 0 Å². The second-order valence-corrected chi connectivity index (χ2v) is 7.58. The van der Waals surface area contributed by atoms with Gasteiger partial charge in [0.15, 0.2) is 0 Å². The maximum atomic E-state index is 12.7. The van der Waals surface area contributed by atoms with E-state index in [4.69, 9.17) is 0 Å². The minimum atomic E-state index is 0.0346. The molecule has 2 heterocycles. The van der Waals surface area contributed by atoms with E-state index in [0.717, 1.165) is 44.8 Å². The van der Waals surface area contributed by atoms with E-state index in [-0.39, 0.29) is 11.6 Å². The summed E-state index contributed by atoms with van der Waals surface area (Å²) in [6.07, 6.45) is 0. The molecule has 2 aliphatic rings. The number of fused-ring (bicyclic) bond motifs is 1. The first kappa shape index (κ1) is 17.2. The van der Waals surface area contributed by atoms with Crippen molar-refractivity contribution in [3.8, 4) is 0 Å². The first-order chi connectivity index (χ1) is 11.5. The number of urea groups is 1. The number of nitrogens with one attached hydrogen (secondary N) is 1. The van der Waals surface area contributed by atoms with E-state index in [1.807, 2.05) is 35.2 Å². The molecule has 24 heavy (non-hydrogen) atoms. The lowest BCUT2D eigenvalue weighted by atomic mass is 9.93. The summed E-state index contributed by atoms with van der Waals surface area (Å²) < 4.78 is 0. The molecule has 0 bridgehead atoms. The lowest BCUT2D eigenvalue weighted by Crippen LogP contribution is -2.70. The van der Waals surface area contributed by atoms with Gasteiger partial charge in [-0.15, -0.1) is 0 Å². The minimum Gasteiger partial charge on any atom is -0.334 e. The highest BCUT2D eigenvalue weighted by Gasteiger charge is 2.43. The number of hydrogen-bond donors (Lipinski definition) is 1. The zero-order chi connectivity index (χ0) is 17.2. The van der Waals surface area contributed by atoms with Gasteiger partial charge in [0.05, 0.1) is 0 Å². The van der Waals surface area contributed by atoms with Gasteiger partial charge in [0.2, 0.25) is 0 Å². The molecule has 2 aliphatic heterocycles. The molecular weight excluding hydrogens is 300 g/mol. The highest BCUT2D eigenvalue weighted by molar-refractivity contribution is 5.74. The zero-order valence-electron chi connectivity index (χ0n) is 15.2. The second-order valence-electron chi connectivity index (χ2n) is 7.58. The molecule has 1 aromatic rings. The Bertz CT molecular complexity index is 560. The molecule has 1 aromatic carbocycles. The molecule has 1 N–H and O–H groups in total. The van der Waals surface area contributed by atoms with Crippen molar-refractivity contribution in [2.24, 2.45) is 0 Å². The van der Waals surface area contributed by atoms with E-state index in [2.05, 4.69) is 35.9 Å². The van der Waals surface area contributed by atoms with Crippen LogP contribution in [0.2, 0.25) is 0 Å². The molecular formula is C19H30N4O. The van der Waals surface area contributed by atoms with Gasteiger partial charge in [-0.2, -0.15) is 0 Å². The predicted octanol–water partition coefficient (Wildman–Crippen LogP) is 2.00. The number of rotatable bonds is 3. The molecule has 2 amide bonds. The molecule has 0 radical (unpaired) electrons. The van der Waals surface area contributed by atoms with Crippen LogP contribution in [0, 0.1) is 0 Å². The Labute approximate surface area is 145 Å². The third-order valence-corrected chi connectivity index (χ3v) is 5.37. The monoisotopic (exact) mass is 330 g/mol. The van der Waals surface area contributed by atoms with Crippen LogP contribution in [0.5, 0.6) is 0 Å². The maximum absolute atomic E-state index is 12.7. The number of carbonyl (C=O) groups is 1. The lowest BCUT2D eigenvalue weighted by molar-refractivity contribution is -0.0513. The molecule has 0 aromatic heterocycles. The Hall–Kier alpha value is -1.59. The summed E-state index contributed by atoms with van der Waals surface area (Å²) in [5, 5.41) is 3.08. The molecule has 0 spiro atoms. The van der Waals surface area contributed by atoms with Crippen molar-refractivity contribution >= 4 is 6.03 Å². The average Bonchev–Trinajstić information content (AvgIpc) is 2.59. The van der Waals surface area contributed by atoms with E-state index in [0.29, 0.717) is 12.6 Å². The summed E-state index contributed by atoms with van der Waals surface area (Å²) in [5.74, 6) is 0. The topological polar surface area (TPSA) is 38.8 Å². The van der Waals surface area contributed by atoms with E-state index in [1.54, 1.807) is 0 Å². The fourth-order valence-electron chi connectivity index (χ4n) is 4.08. The lowest BCUT2D eigenvalue weighted by Gasteiger charge is -2.55. The Kier molecular flexibility index (Phi) is 5.11. The van der Waals surface area contributed by atoms with Crippen LogP contribution in [-0.4, -0.2) is 71.6 Å². The Morgan fingerprint density at radius 2 is 1.96 bits per heavy atom. The van der Waals surface area contributed by atoms with Crippen molar-refractivity contribution in [1.82, 2.24) is 20.0 Å². The maximum Gasteiger partial charge on any atom is 0.317 e. The zero-order valence-corrected chi connectivity index (χ0v) is 15.2. The summed E-state index contributed by atoms with van der Waals surface area (Å²) in [4.78, 5) is 19.8. The number of likely N-dealkylation sites (N-methyl/N-ethyl adjacent to an activating group) is 1. The quantitative estimate of drug-likeness (QED) is 0.921. The SMILES string of the molecule is CCN1CCN2C(C1)CN(C(=O)NCc1ccccc1)CC2(C)C. The van der Waals surface area contributed by atoms with Crippen LogP contribution in [0.15, 0.2) is 30.3 Å². The van der Waals surface area contributed by atoms with Crippen LogP contribution < -0.4 is 5.32 Å². The average molecular weight is 330 g/mol. The highest BCUT2D eigenvalue weighted by atomic mass is 16.2. The summed E-state index contributed by atoms with van der Waals surface area (Å²) in [6.45, 7) is 13.3. The number of hydrogen-bond acceptors (Lipinski definition) is 3. The summed E-state index contributed by atoms with van der Waals surface area (Å²) in [6, 6.07) is 10.6. The van der Waals surface area contributed by atoms with Gasteiger partial charge < -0.3 is 15.1 Å². The molecule has 0 aliphatic carbocycles. The number of benzene rings is 1. The van der Waals surface area contributed by atoms with Crippen LogP contribution in [0.25, 0.3) is 0 Å². The van der Waals surface area contributed by atoms with Gasteiger partial charge in [-0.1, -0.05) is 37.3 Å². The molecule has 2 saturated heterocycles. The van der Waals surface area contributed by atoms with Gasteiger partial charge >= 0.3 is 6.03 Å². The summed E-state index contributed by atoms with van der Waals surface area (Å²) in [7, 11) is 0. The molecule has 2 fully saturated rings.